The number of rotatable bonds is 4. The third-order valence-corrected chi connectivity index (χ3v) is 2.83. The predicted octanol–water partition coefficient (Wildman–Crippen LogP) is 1.70. The van der Waals surface area contributed by atoms with Crippen LogP contribution in [0.4, 0.5) is 9.59 Å². The quantitative estimate of drug-likeness (QED) is 0.817. The van der Waals surface area contributed by atoms with Gasteiger partial charge in [0, 0.05) is 25.7 Å². The molecule has 19 heavy (non-hydrogen) atoms. The zero-order valence-electron chi connectivity index (χ0n) is 12.4. The smallest absolute Gasteiger partial charge is 0.407 e. The SMILES string of the molecule is CC(CNC(=O)OC(C)(C)C)N(C)C(=O)NC1CC1. The van der Waals surface area contributed by atoms with Crippen LogP contribution in [0.25, 0.3) is 0 Å². The fourth-order valence-electron chi connectivity index (χ4n) is 1.39. The Morgan fingerprint density at radius 3 is 2.42 bits per heavy atom. The van der Waals surface area contributed by atoms with Gasteiger partial charge in [0.05, 0.1) is 0 Å². The summed E-state index contributed by atoms with van der Waals surface area (Å²) in [5.74, 6) is 0. The van der Waals surface area contributed by atoms with Crippen molar-refractivity contribution < 1.29 is 14.3 Å². The van der Waals surface area contributed by atoms with Gasteiger partial charge in [-0.15, -0.1) is 0 Å². The lowest BCUT2D eigenvalue weighted by Gasteiger charge is -2.26. The predicted molar refractivity (Wildman–Crippen MR) is 73.0 cm³/mol. The first kappa shape index (κ1) is 15.6. The highest BCUT2D eigenvalue weighted by Crippen LogP contribution is 2.18. The van der Waals surface area contributed by atoms with Crippen molar-refractivity contribution >= 4 is 12.1 Å². The second kappa shape index (κ2) is 6.12. The molecule has 1 rings (SSSR count). The van der Waals surface area contributed by atoms with Crippen LogP contribution in [0.1, 0.15) is 40.5 Å². The molecule has 0 aromatic rings. The summed E-state index contributed by atoms with van der Waals surface area (Å²) in [6, 6.07) is 0.147. The number of hydrogen-bond donors (Lipinski definition) is 2. The number of amides is 3. The van der Waals surface area contributed by atoms with Crippen LogP contribution >= 0.6 is 0 Å². The van der Waals surface area contributed by atoms with Crippen LogP contribution in [0.3, 0.4) is 0 Å². The molecule has 1 aliphatic carbocycles. The molecule has 0 aromatic carbocycles. The summed E-state index contributed by atoms with van der Waals surface area (Å²) < 4.78 is 5.13. The normalized spacial score (nSPS) is 16.5. The molecular weight excluding hydrogens is 246 g/mol. The van der Waals surface area contributed by atoms with E-state index in [1.165, 1.54) is 0 Å². The highest BCUT2D eigenvalue weighted by molar-refractivity contribution is 5.75. The Kier molecular flexibility index (Phi) is 5.03. The van der Waals surface area contributed by atoms with Crippen LogP contribution in [0.2, 0.25) is 0 Å². The zero-order valence-corrected chi connectivity index (χ0v) is 12.4. The highest BCUT2D eigenvalue weighted by Gasteiger charge is 2.26. The third kappa shape index (κ3) is 6.31. The molecule has 6 heteroatoms. The Bertz CT molecular complexity index is 335. The lowest BCUT2D eigenvalue weighted by Crippen LogP contribution is -2.48. The number of carbonyl (C=O) groups excluding carboxylic acids is 2. The van der Waals surface area contributed by atoms with Gasteiger partial charge in [0.2, 0.25) is 0 Å². The maximum Gasteiger partial charge on any atom is 0.407 e. The average Bonchev–Trinajstić information content (AvgIpc) is 3.06. The van der Waals surface area contributed by atoms with E-state index in [0.29, 0.717) is 12.6 Å². The van der Waals surface area contributed by atoms with Crippen molar-refractivity contribution in [2.75, 3.05) is 13.6 Å². The lowest BCUT2D eigenvalue weighted by molar-refractivity contribution is 0.0515. The van der Waals surface area contributed by atoms with Gasteiger partial charge in [0.15, 0.2) is 0 Å². The largest absolute Gasteiger partial charge is 0.444 e. The van der Waals surface area contributed by atoms with Crippen LogP contribution in [-0.4, -0.2) is 48.3 Å². The molecule has 110 valence electrons. The zero-order chi connectivity index (χ0) is 14.6. The van der Waals surface area contributed by atoms with Gasteiger partial charge >= 0.3 is 12.1 Å². The van der Waals surface area contributed by atoms with E-state index in [9.17, 15) is 9.59 Å². The van der Waals surface area contributed by atoms with Crippen LogP contribution in [0.5, 0.6) is 0 Å². The molecule has 1 atom stereocenters. The minimum absolute atomic E-state index is 0.0914. The van der Waals surface area contributed by atoms with Crippen molar-refractivity contribution in [3.63, 3.8) is 0 Å². The maximum atomic E-state index is 11.8. The third-order valence-electron chi connectivity index (χ3n) is 2.83. The second-order valence-electron chi connectivity index (χ2n) is 6.07. The molecule has 2 N–H and O–H groups in total. The summed E-state index contributed by atoms with van der Waals surface area (Å²) in [5, 5.41) is 5.56. The monoisotopic (exact) mass is 271 g/mol. The molecule has 1 aliphatic rings. The summed E-state index contributed by atoms with van der Waals surface area (Å²) in [6.07, 6.45) is 1.66. The topological polar surface area (TPSA) is 70.7 Å². The Morgan fingerprint density at radius 1 is 1.37 bits per heavy atom. The van der Waals surface area contributed by atoms with Gasteiger partial charge in [-0.05, 0) is 40.5 Å². The molecule has 1 fully saturated rings. The average molecular weight is 271 g/mol. The van der Waals surface area contributed by atoms with E-state index in [2.05, 4.69) is 10.6 Å². The minimum atomic E-state index is -0.511. The van der Waals surface area contributed by atoms with Gasteiger partial charge < -0.3 is 20.3 Å². The number of hydrogen-bond acceptors (Lipinski definition) is 3. The molecule has 0 saturated heterocycles. The van der Waals surface area contributed by atoms with Crippen molar-refractivity contribution in [3.8, 4) is 0 Å². The van der Waals surface area contributed by atoms with Gasteiger partial charge in [-0.2, -0.15) is 0 Å². The van der Waals surface area contributed by atoms with Crippen molar-refractivity contribution in [2.24, 2.45) is 0 Å². The molecule has 0 radical (unpaired) electrons. The molecule has 0 aliphatic heterocycles. The lowest BCUT2D eigenvalue weighted by atomic mass is 10.2. The molecular formula is C13H25N3O3. The first-order valence-electron chi connectivity index (χ1n) is 6.69. The van der Waals surface area contributed by atoms with Crippen molar-refractivity contribution in [1.82, 2.24) is 15.5 Å². The Morgan fingerprint density at radius 2 is 1.95 bits per heavy atom. The van der Waals surface area contributed by atoms with E-state index in [1.54, 1.807) is 11.9 Å². The van der Waals surface area contributed by atoms with E-state index in [1.807, 2.05) is 27.7 Å². The Balaban J connectivity index is 2.27. The molecule has 0 aromatic heterocycles. The molecule has 6 nitrogen and oxygen atoms in total. The van der Waals surface area contributed by atoms with Gasteiger partial charge in [-0.3, -0.25) is 0 Å². The van der Waals surface area contributed by atoms with Crippen molar-refractivity contribution in [2.45, 2.75) is 58.2 Å². The second-order valence-corrected chi connectivity index (χ2v) is 6.07. The van der Waals surface area contributed by atoms with E-state index in [0.717, 1.165) is 12.8 Å². The number of nitrogens with one attached hydrogen (secondary N) is 2. The molecule has 0 spiro atoms. The first-order valence-corrected chi connectivity index (χ1v) is 6.69. The molecule has 1 unspecified atom stereocenters. The number of ether oxygens (including phenoxy) is 1. The number of carbonyl (C=O) groups is 2. The highest BCUT2D eigenvalue weighted by atomic mass is 16.6. The molecule has 0 bridgehead atoms. The minimum Gasteiger partial charge on any atom is -0.444 e. The van der Waals surface area contributed by atoms with E-state index < -0.39 is 11.7 Å². The number of nitrogens with zero attached hydrogens (tertiary/aromatic N) is 1. The Hall–Kier alpha value is -1.46. The Labute approximate surface area is 114 Å². The van der Waals surface area contributed by atoms with Gasteiger partial charge in [-0.1, -0.05) is 0 Å². The summed E-state index contributed by atoms with van der Waals surface area (Å²) >= 11 is 0. The van der Waals surface area contributed by atoms with Crippen LogP contribution in [0, 0.1) is 0 Å². The standard InChI is InChI=1S/C13H25N3O3/c1-9(8-14-12(18)19-13(2,3)4)16(5)11(17)15-10-6-7-10/h9-10H,6-8H2,1-5H3,(H,14,18)(H,15,17). The van der Waals surface area contributed by atoms with Crippen molar-refractivity contribution in [1.29, 1.82) is 0 Å². The van der Waals surface area contributed by atoms with Crippen LogP contribution in [0.15, 0.2) is 0 Å². The van der Waals surface area contributed by atoms with E-state index >= 15 is 0 Å². The summed E-state index contributed by atoms with van der Waals surface area (Å²) in [5.41, 5.74) is -0.511. The maximum absolute atomic E-state index is 11.8. The van der Waals surface area contributed by atoms with Crippen LogP contribution in [-0.2, 0) is 4.74 Å². The number of alkyl carbamates (subject to hydrolysis) is 1. The van der Waals surface area contributed by atoms with Gasteiger partial charge in [0.1, 0.15) is 5.60 Å². The van der Waals surface area contributed by atoms with Crippen LogP contribution < -0.4 is 10.6 Å². The molecule has 3 amide bonds. The van der Waals surface area contributed by atoms with Crippen molar-refractivity contribution in [3.05, 3.63) is 0 Å². The fourth-order valence-corrected chi connectivity index (χ4v) is 1.39. The molecule has 0 heterocycles. The number of likely N-dealkylation sites (N-methyl/N-ethyl adjacent to an activating group) is 1. The summed E-state index contributed by atoms with van der Waals surface area (Å²) in [6.45, 7) is 7.68. The first-order chi connectivity index (χ1) is 8.69. The summed E-state index contributed by atoms with van der Waals surface area (Å²) in [7, 11) is 1.72. The van der Waals surface area contributed by atoms with Gasteiger partial charge in [-0.25, -0.2) is 9.59 Å². The fraction of sp³-hybridized carbons (Fsp3) is 0.846. The van der Waals surface area contributed by atoms with E-state index in [-0.39, 0.29) is 12.1 Å². The van der Waals surface area contributed by atoms with E-state index in [4.69, 9.17) is 4.74 Å². The van der Waals surface area contributed by atoms with Gasteiger partial charge in [0.25, 0.3) is 0 Å². The summed E-state index contributed by atoms with van der Waals surface area (Å²) in [4.78, 5) is 24.9. The molecule has 1 saturated carbocycles. The number of urea groups is 1.